The Kier molecular flexibility index (Phi) is 5.52. The number of hydrogen-bond acceptors (Lipinski definition) is 4. The summed E-state index contributed by atoms with van der Waals surface area (Å²) >= 11 is 0. The van der Waals surface area contributed by atoms with Gasteiger partial charge >= 0.3 is 5.69 Å². The zero-order valence-corrected chi connectivity index (χ0v) is 17.1. The first-order chi connectivity index (χ1) is 14.5. The van der Waals surface area contributed by atoms with Crippen LogP contribution in [0.4, 0.5) is 0 Å². The van der Waals surface area contributed by atoms with Gasteiger partial charge in [-0.15, -0.1) is 0 Å². The summed E-state index contributed by atoms with van der Waals surface area (Å²) in [6, 6.07) is 19.3. The number of carbonyl (C=O) groups is 1. The predicted octanol–water partition coefficient (Wildman–Crippen LogP) is 3.09. The van der Waals surface area contributed by atoms with Crippen LogP contribution in [0.3, 0.4) is 0 Å². The fourth-order valence-corrected chi connectivity index (χ4v) is 3.56. The third-order valence-electron chi connectivity index (χ3n) is 5.32. The molecule has 0 aliphatic rings. The van der Waals surface area contributed by atoms with Gasteiger partial charge in [0.2, 0.25) is 5.91 Å². The Bertz CT molecular complexity index is 1220. The van der Waals surface area contributed by atoms with Gasteiger partial charge < -0.3 is 9.42 Å². The molecule has 1 amide bonds. The van der Waals surface area contributed by atoms with E-state index in [-0.39, 0.29) is 18.1 Å². The van der Waals surface area contributed by atoms with Crippen LogP contribution in [0.2, 0.25) is 0 Å². The molecule has 7 nitrogen and oxygen atoms in total. The van der Waals surface area contributed by atoms with E-state index in [0.717, 1.165) is 34.5 Å². The lowest BCUT2D eigenvalue weighted by Gasteiger charge is -2.17. The lowest BCUT2D eigenvalue weighted by molar-refractivity contribution is -0.130. The largest absolute Gasteiger partial charge is 0.361 e. The van der Waals surface area contributed by atoms with Crippen LogP contribution in [0, 0.1) is 0 Å². The van der Waals surface area contributed by atoms with Gasteiger partial charge in [0.1, 0.15) is 18.0 Å². The number of imidazole rings is 1. The van der Waals surface area contributed by atoms with Crippen molar-refractivity contribution in [2.45, 2.75) is 19.4 Å². The van der Waals surface area contributed by atoms with Gasteiger partial charge in [0.25, 0.3) is 0 Å². The van der Waals surface area contributed by atoms with Gasteiger partial charge in [0, 0.05) is 38.7 Å². The summed E-state index contributed by atoms with van der Waals surface area (Å²) < 4.78 is 8.51. The standard InChI is InChI=1S/C23H24N4O3/c1-25(14-8-11-18-15-19(24-30-18)17-9-4-3-5-10-17)22(28)16-27-21-13-7-6-12-20(21)26(2)23(27)29/h3-7,9-10,12-13,15H,8,11,14,16H2,1-2H3. The highest BCUT2D eigenvalue weighted by Crippen LogP contribution is 2.19. The number of amides is 1. The van der Waals surface area contributed by atoms with Gasteiger partial charge in [-0.3, -0.25) is 13.9 Å². The average Bonchev–Trinajstić information content (AvgIpc) is 3.34. The van der Waals surface area contributed by atoms with Crippen molar-refractivity contribution in [2.75, 3.05) is 13.6 Å². The van der Waals surface area contributed by atoms with Gasteiger partial charge in [-0.1, -0.05) is 47.6 Å². The van der Waals surface area contributed by atoms with Crippen LogP contribution < -0.4 is 5.69 Å². The number of fused-ring (bicyclic) bond motifs is 1. The number of benzene rings is 2. The van der Waals surface area contributed by atoms with Gasteiger partial charge in [-0.25, -0.2) is 4.79 Å². The fraction of sp³-hybridized carbons (Fsp3) is 0.261. The number of carbonyl (C=O) groups excluding carboxylic acids is 1. The Hall–Kier alpha value is -3.61. The smallest absolute Gasteiger partial charge is 0.329 e. The zero-order chi connectivity index (χ0) is 21.1. The molecule has 0 saturated carbocycles. The van der Waals surface area contributed by atoms with E-state index < -0.39 is 0 Å². The van der Waals surface area contributed by atoms with Crippen LogP contribution in [0.5, 0.6) is 0 Å². The second-order valence-corrected chi connectivity index (χ2v) is 7.38. The Balaban J connectivity index is 1.35. The lowest BCUT2D eigenvalue weighted by atomic mass is 10.1. The minimum atomic E-state index is -0.187. The van der Waals surface area contributed by atoms with Crippen LogP contribution in [-0.4, -0.2) is 38.7 Å². The van der Waals surface area contributed by atoms with Crippen LogP contribution in [0.25, 0.3) is 22.3 Å². The first-order valence-corrected chi connectivity index (χ1v) is 9.94. The Morgan fingerprint density at radius 2 is 1.77 bits per heavy atom. The minimum Gasteiger partial charge on any atom is -0.361 e. The highest BCUT2D eigenvalue weighted by molar-refractivity contribution is 5.80. The van der Waals surface area contributed by atoms with Crippen molar-refractivity contribution in [3.8, 4) is 11.3 Å². The number of aromatic nitrogens is 3. The van der Waals surface area contributed by atoms with Crippen LogP contribution in [-0.2, 0) is 24.8 Å². The number of hydrogen-bond donors (Lipinski definition) is 0. The third kappa shape index (κ3) is 3.91. The lowest BCUT2D eigenvalue weighted by Crippen LogP contribution is -2.34. The number of aryl methyl sites for hydroxylation is 2. The summed E-state index contributed by atoms with van der Waals surface area (Å²) in [5, 5.41) is 4.12. The van der Waals surface area contributed by atoms with E-state index in [2.05, 4.69) is 5.16 Å². The molecular formula is C23H24N4O3. The second kappa shape index (κ2) is 8.41. The van der Waals surface area contributed by atoms with E-state index in [1.54, 1.807) is 23.6 Å². The molecule has 0 aliphatic heterocycles. The van der Waals surface area contributed by atoms with E-state index in [9.17, 15) is 9.59 Å². The molecule has 0 radical (unpaired) electrons. The molecule has 30 heavy (non-hydrogen) atoms. The molecule has 4 rings (SSSR count). The third-order valence-corrected chi connectivity index (χ3v) is 5.32. The Morgan fingerprint density at radius 3 is 2.53 bits per heavy atom. The summed E-state index contributed by atoms with van der Waals surface area (Å²) in [5.41, 5.74) is 3.22. The second-order valence-electron chi connectivity index (χ2n) is 7.38. The summed E-state index contributed by atoms with van der Waals surface area (Å²) in [6.07, 6.45) is 1.43. The fourth-order valence-electron chi connectivity index (χ4n) is 3.56. The van der Waals surface area contributed by atoms with Crippen LogP contribution in [0.1, 0.15) is 12.2 Å². The van der Waals surface area contributed by atoms with E-state index >= 15 is 0 Å². The van der Waals surface area contributed by atoms with Gasteiger partial charge in [-0.05, 0) is 18.6 Å². The molecule has 0 atom stereocenters. The van der Waals surface area contributed by atoms with Crippen molar-refractivity contribution in [1.82, 2.24) is 19.2 Å². The van der Waals surface area contributed by atoms with E-state index in [0.29, 0.717) is 13.0 Å². The highest BCUT2D eigenvalue weighted by Gasteiger charge is 2.16. The van der Waals surface area contributed by atoms with Gasteiger partial charge in [0.05, 0.1) is 11.0 Å². The van der Waals surface area contributed by atoms with Gasteiger partial charge in [-0.2, -0.15) is 0 Å². The Labute approximate surface area is 174 Å². The summed E-state index contributed by atoms with van der Waals surface area (Å²) in [5.74, 6) is 0.691. The molecule has 0 unspecified atom stereocenters. The van der Waals surface area contributed by atoms with Crippen molar-refractivity contribution >= 4 is 16.9 Å². The number of nitrogens with zero attached hydrogens (tertiary/aromatic N) is 4. The molecule has 154 valence electrons. The van der Waals surface area contributed by atoms with Crippen molar-refractivity contribution in [3.05, 3.63) is 76.9 Å². The van der Waals surface area contributed by atoms with E-state index in [4.69, 9.17) is 4.52 Å². The molecule has 0 spiro atoms. The first kappa shape index (κ1) is 19.7. The number of para-hydroxylation sites is 2. The van der Waals surface area contributed by atoms with Crippen molar-refractivity contribution in [1.29, 1.82) is 0 Å². The normalized spacial score (nSPS) is 11.1. The predicted molar refractivity (Wildman–Crippen MR) is 115 cm³/mol. The monoisotopic (exact) mass is 404 g/mol. The quantitative estimate of drug-likeness (QED) is 0.474. The van der Waals surface area contributed by atoms with Crippen LogP contribution >= 0.6 is 0 Å². The molecule has 0 fully saturated rings. The maximum atomic E-state index is 12.7. The first-order valence-electron chi connectivity index (χ1n) is 9.94. The SMILES string of the molecule is CN(CCCc1cc(-c2ccccc2)no1)C(=O)Cn1c(=O)n(C)c2ccccc21. The molecule has 0 aliphatic carbocycles. The van der Waals surface area contributed by atoms with Crippen LogP contribution in [0.15, 0.2) is 70.0 Å². The highest BCUT2D eigenvalue weighted by atomic mass is 16.5. The Morgan fingerprint density at radius 1 is 1.07 bits per heavy atom. The van der Waals surface area contributed by atoms with Crippen molar-refractivity contribution in [3.63, 3.8) is 0 Å². The van der Waals surface area contributed by atoms with Crippen molar-refractivity contribution < 1.29 is 9.32 Å². The molecular weight excluding hydrogens is 380 g/mol. The maximum absolute atomic E-state index is 12.7. The van der Waals surface area contributed by atoms with E-state index in [1.165, 1.54) is 4.57 Å². The molecule has 7 heteroatoms. The minimum absolute atomic E-state index is 0.0249. The molecule has 0 bridgehead atoms. The molecule has 2 aromatic heterocycles. The molecule has 0 N–H and O–H groups in total. The number of likely N-dealkylation sites (N-methyl/N-ethyl adjacent to an activating group) is 1. The summed E-state index contributed by atoms with van der Waals surface area (Å²) in [4.78, 5) is 26.8. The zero-order valence-electron chi connectivity index (χ0n) is 17.1. The number of rotatable bonds is 7. The topological polar surface area (TPSA) is 73.3 Å². The maximum Gasteiger partial charge on any atom is 0.329 e. The summed E-state index contributed by atoms with van der Waals surface area (Å²) in [6.45, 7) is 0.594. The molecule has 2 heterocycles. The molecule has 4 aromatic rings. The average molecular weight is 404 g/mol. The van der Waals surface area contributed by atoms with E-state index in [1.807, 2.05) is 60.7 Å². The van der Waals surface area contributed by atoms with Crippen molar-refractivity contribution in [2.24, 2.45) is 7.05 Å². The molecule has 2 aromatic carbocycles. The van der Waals surface area contributed by atoms with Gasteiger partial charge in [0.15, 0.2) is 0 Å². The summed E-state index contributed by atoms with van der Waals surface area (Å²) in [7, 11) is 3.48. The molecule has 0 saturated heterocycles.